The highest BCUT2D eigenvalue weighted by Gasteiger charge is 2.37. The second kappa shape index (κ2) is 4.74. The van der Waals surface area contributed by atoms with E-state index in [0.717, 1.165) is 12.2 Å². The Kier molecular flexibility index (Phi) is 3.57. The van der Waals surface area contributed by atoms with E-state index in [0.29, 0.717) is 17.3 Å². The molecule has 2 fully saturated rings. The summed E-state index contributed by atoms with van der Waals surface area (Å²) in [5.74, 6) is 1.42. The molecule has 0 radical (unpaired) electrons. The Balaban J connectivity index is 2.16. The van der Waals surface area contributed by atoms with Gasteiger partial charge in [-0.1, -0.05) is 0 Å². The second-order valence-corrected chi connectivity index (χ2v) is 5.77. The summed E-state index contributed by atoms with van der Waals surface area (Å²) >= 11 is 1.96. The Bertz CT molecular complexity index is 247. The fourth-order valence-electron chi connectivity index (χ4n) is 2.57. The Labute approximate surface area is 96.0 Å². The number of carbonyl (C=O) groups excluding carboxylic acids is 1. The normalized spacial score (nSPS) is 37.3. The lowest BCUT2D eigenvalue weighted by Gasteiger charge is -2.40. The van der Waals surface area contributed by atoms with Gasteiger partial charge in [-0.3, -0.25) is 4.79 Å². The Morgan fingerprint density at radius 3 is 2.93 bits per heavy atom. The van der Waals surface area contributed by atoms with Gasteiger partial charge in [0, 0.05) is 6.04 Å². The molecule has 3 nitrogen and oxygen atoms in total. The van der Waals surface area contributed by atoms with Crippen molar-refractivity contribution in [2.24, 2.45) is 0 Å². The van der Waals surface area contributed by atoms with Crippen LogP contribution in [0.2, 0.25) is 0 Å². The molecule has 4 heteroatoms. The van der Waals surface area contributed by atoms with Crippen molar-refractivity contribution in [2.45, 2.75) is 50.1 Å². The predicted octanol–water partition coefficient (Wildman–Crippen LogP) is 1.44. The van der Waals surface area contributed by atoms with Crippen LogP contribution in [0.3, 0.4) is 0 Å². The highest BCUT2D eigenvalue weighted by Crippen LogP contribution is 2.33. The lowest BCUT2D eigenvalue weighted by molar-refractivity contribution is -0.137. The number of fused-ring (bicyclic) bond motifs is 1. The molecular formula is C11H20N2OS. The monoisotopic (exact) mass is 228 g/mol. The van der Waals surface area contributed by atoms with Crippen LogP contribution >= 0.6 is 11.8 Å². The third-order valence-corrected chi connectivity index (χ3v) is 4.79. The molecule has 1 amide bonds. The summed E-state index contributed by atoms with van der Waals surface area (Å²) < 4.78 is 0. The summed E-state index contributed by atoms with van der Waals surface area (Å²) in [5.41, 5.74) is 0. The number of piperidine rings is 1. The van der Waals surface area contributed by atoms with Gasteiger partial charge in [0.15, 0.2) is 0 Å². The number of rotatable bonds is 1. The Morgan fingerprint density at radius 1 is 1.40 bits per heavy atom. The first-order valence-electron chi connectivity index (χ1n) is 5.85. The van der Waals surface area contributed by atoms with E-state index >= 15 is 0 Å². The molecule has 0 aromatic carbocycles. The molecule has 2 rings (SSSR count). The van der Waals surface area contributed by atoms with E-state index in [-0.39, 0.29) is 6.04 Å². The molecule has 2 aliphatic heterocycles. The Hall–Kier alpha value is -0.220. The van der Waals surface area contributed by atoms with E-state index in [4.69, 9.17) is 0 Å². The van der Waals surface area contributed by atoms with Crippen molar-refractivity contribution >= 4 is 17.7 Å². The average molecular weight is 228 g/mol. The molecule has 2 saturated heterocycles. The molecule has 2 aliphatic rings. The van der Waals surface area contributed by atoms with Crippen LogP contribution in [0.5, 0.6) is 0 Å². The molecule has 0 aromatic heterocycles. The van der Waals surface area contributed by atoms with E-state index < -0.39 is 0 Å². The number of thioether (sulfide) groups is 1. The van der Waals surface area contributed by atoms with E-state index in [1.54, 1.807) is 0 Å². The van der Waals surface area contributed by atoms with Crippen LogP contribution in [0.1, 0.15) is 32.6 Å². The maximum absolute atomic E-state index is 12.3. The topological polar surface area (TPSA) is 32.3 Å². The highest BCUT2D eigenvalue weighted by molar-refractivity contribution is 7.99. The van der Waals surface area contributed by atoms with Gasteiger partial charge < -0.3 is 10.2 Å². The van der Waals surface area contributed by atoms with Crippen molar-refractivity contribution < 1.29 is 4.79 Å². The summed E-state index contributed by atoms with van der Waals surface area (Å²) in [5, 5.41) is 3.59. The minimum absolute atomic E-state index is 0.0445. The SMILES string of the molecule is CN[C@H]1CCSC2CCC[C@@H](C)N2C1=O. The van der Waals surface area contributed by atoms with Crippen molar-refractivity contribution in [3.8, 4) is 0 Å². The summed E-state index contributed by atoms with van der Waals surface area (Å²) in [4.78, 5) is 14.4. The summed E-state index contributed by atoms with van der Waals surface area (Å²) in [6.07, 6.45) is 4.59. The second-order valence-electron chi connectivity index (χ2n) is 4.48. The first-order valence-corrected chi connectivity index (χ1v) is 6.90. The van der Waals surface area contributed by atoms with Crippen molar-refractivity contribution in [2.75, 3.05) is 12.8 Å². The van der Waals surface area contributed by atoms with Crippen LogP contribution < -0.4 is 5.32 Å². The van der Waals surface area contributed by atoms with Crippen LogP contribution in [0.4, 0.5) is 0 Å². The predicted molar refractivity (Wildman–Crippen MR) is 63.9 cm³/mol. The maximum Gasteiger partial charge on any atom is 0.240 e. The number of likely N-dealkylation sites (N-methyl/N-ethyl adjacent to an activating group) is 1. The first kappa shape index (κ1) is 11.3. The molecular weight excluding hydrogens is 208 g/mol. The molecule has 1 unspecified atom stereocenters. The molecule has 3 atom stereocenters. The summed E-state index contributed by atoms with van der Waals surface area (Å²) in [7, 11) is 1.89. The average Bonchev–Trinajstić information content (AvgIpc) is 2.39. The van der Waals surface area contributed by atoms with Crippen LogP contribution in [0, 0.1) is 0 Å². The van der Waals surface area contributed by atoms with Gasteiger partial charge in [-0.05, 0) is 45.4 Å². The summed E-state index contributed by atoms with van der Waals surface area (Å²) in [6, 6.07) is 0.473. The van der Waals surface area contributed by atoms with Crippen molar-refractivity contribution in [3.05, 3.63) is 0 Å². The largest absolute Gasteiger partial charge is 0.327 e. The zero-order valence-electron chi connectivity index (χ0n) is 9.53. The lowest BCUT2D eigenvalue weighted by Crippen LogP contribution is -2.52. The number of hydrogen-bond donors (Lipinski definition) is 1. The molecule has 0 saturated carbocycles. The highest BCUT2D eigenvalue weighted by atomic mass is 32.2. The zero-order valence-corrected chi connectivity index (χ0v) is 10.3. The third kappa shape index (κ3) is 2.16. The maximum atomic E-state index is 12.3. The van der Waals surface area contributed by atoms with Gasteiger partial charge in [0.1, 0.15) is 0 Å². The van der Waals surface area contributed by atoms with Crippen LogP contribution in [0.25, 0.3) is 0 Å². The minimum atomic E-state index is 0.0445. The molecule has 1 N–H and O–H groups in total. The smallest absolute Gasteiger partial charge is 0.240 e. The fraction of sp³-hybridized carbons (Fsp3) is 0.909. The van der Waals surface area contributed by atoms with Crippen molar-refractivity contribution in [3.63, 3.8) is 0 Å². The standard InChI is InChI=1S/C11H20N2OS/c1-8-4-3-5-10-13(8)11(14)9(12-2)6-7-15-10/h8-10,12H,3-7H2,1-2H3/t8-,9+,10?/m1/s1. The van der Waals surface area contributed by atoms with Crippen molar-refractivity contribution in [1.29, 1.82) is 0 Å². The number of nitrogens with zero attached hydrogens (tertiary/aromatic N) is 1. The van der Waals surface area contributed by atoms with E-state index in [2.05, 4.69) is 17.1 Å². The van der Waals surface area contributed by atoms with Gasteiger partial charge in [0.25, 0.3) is 0 Å². The van der Waals surface area contributed by atoms with E-state index in [1.807, 2.05) is 18.8 Å². The summed E-state index contributed by atoms with van der Waals surface area (Å²) in [6.45, 7) is 2.18. The molecule has 86 valence electrons. The number of nitrogens with one attached hydrogen (secondary N) is 1. The first-order chi connectivity index (χ1) is 7.24. The molecule has 15 heavy (non-hydrogen) atoms. The molecule has 0 aromatic rings. The van der Waals surface area contributed by atoms with Crippen molar-refractivity contribution in [1.82, 2.24) is 10.2 Å². The quantitative estimate of drug-likeness (QED) is 0.737. The van der Waals surface area contributed by atoms with Gasteiger partial charge in [-0.25, -0.2) is 0 Å². The molecule has 0 bridgehead atoms. The van der Waals surface area contributed by atoms with Crippen LogP contribution in [0.15, 0.2) is 0 Å². The number of carbonyl (C=O) groups is 1. The van der Waals surface area contributed by atoms with Gasteiger partial charge in [-0.15, -0.1) is 11.8 Å². The Morgan fingerprint density at radius 2 is 2.20 bits per heavy atom. The molecule has 0 aliphatic carbocycles. The van der Waals surface area contributed by atoms with E-state index in [9.17, 15) is 4.79 Å². The lowest BCUT2D eigenvalue weighted by atomic mass is 10.0. The van der Waals surface area contributed by atoms with Crippen LogP contribution in [-0.2, 0) is 4.79 Å². The fourth-order valence-corrected chi connectivity index (χ4v) is 4.02. The van der Waals surface area contributed by atoms with Crippen LogP contribution in [-0.4, -0.2) is 41.1 Å². The van der Waals surface area contributed by atoms with Gasteiger partial charge in [0.05, 0.1) is 11.4 Å². The van der Waals surface area contributed by atoms with Gasteiger partial charge in [0.2, 0.25) is 5.91 Å². The number of hydrogen-bond acceptors (Lipinski definition) is 3. The van der Waals surface area contributed by atoms with Gasteiger partial charge >= 0.3 is 0 Å². The molecule has 0 spiro atoms. The minimum Gasteiger partial charge on any atom is -0.327 e. The molecule has 2 heterocycles. The third-order valence-electron chi connectivity index (χ3n) is 3.48. The zero-order chi connectivity index (χ0) is 10.8. The van der Waals surface area contributed by atoms with Gasteiger partial charge in [-0.2, -0.15) is 0 Å². The van der Waals surface area contributed by atoms with E-state index in [1.165, 1.54) is 19.3 Å². The number of amides is 1.